The summed E-state index contributed by atoms with van der Waals surface area (Å²) in [5, 5.41) is 2.94. The van der Waals surface area contributed by atoms with Gasteiger partial charge in [-0.3, -0.25) is 4.79 Å². The molecule has 0 saturated heterocycles. The van der Waals surface area contributed by atoms with Crippen LogP contribution in [0.2, 0.25) is 0 Å². The molecule has 5 heteroatoms. The lowest BCUT2D eigenvalue weighted by atomic mass is 10.1. The van der Waals surface area contributed by atoms with Gasteiger partial charge in [-0.1, -0.05) is 25.5 Å². The monoisotopic (exact) mass is 293 g/mol. The highest BCUT2D eigenvalue weighted by atomic mass is 16.5. The van der Waals surface area contributed by atoms with Gasteiger partial charge in [0.25, 0.3) is 0 Å². The number of hydrogen-bond donors (Lipinski definition) is 2. The lowest BCUT2D eigenvalue weighted by Gasteiger charge is -2.26. The van der Waals surface area contributed by atoms with E-state index in [9.17, 15) is 4.79 Å². The van der Waals surface area contributed by atoms with Crippen molar-refractivity contribution >= 4 is 5.91 Å². The van der Waals surface area contributed by atoms with Crippen LogP contribution in [0.4, 0.5) is 0 Å². The fraction of sp³-hybridized carbons (Fsp3) is 0.562. The first-order valence-corrected chi connectivity index (χ1v) is 7.33. The molecule has 0 spiro atoms. The van der Waals surface area contributed by atoms with Crippen molar-refractivity contribution in [1.29, 1.82) is 0 Å². The highest BCUT2D eigenvalue weighted by molar-refractivity contribution is 5.81. The molecule has 0 aliphatic carbocycles. The molecular formula is C16H27N3O2. The molecule has 0 aromatic heterocycles. The van der Waals surface area contributed by atoms with Gasteiger partial charge in [0.1, 0.15) is 5.75 Å². The van der Waals surface area contributed by atoms with Crippen LogP contribution in [0.5, 0.6) is 5.75 Å². The molecule has 3 N–H and O–H groups in total. The number of nitrogens with one attached hydrogen (secondary N) is 1. The Kier molecular flexibility index (Phi) is 7.19. The first-order chi connectivity index (χ1) is 9.99. The van der Waals surface area contributed by atoms with Crippen LogP contribution >= 0.6 is 0 Å². The Morgan fingerprint density at radius 1 is 1.43 bits per heavy atom. The van der Waals surface area contributed by atoms with Crippen molar-refractivity contribution in [2.24, 2.45) is 5.73 Å². The zero-order valence-corrected chi connectivity index (χ0v) is 13.4. The maximum Gasteiger partial charge on any atom is 0.236 e. The largest absolute Gasteiger partial charge is 0.497 e. The SMILES string of the molecule is CCC[C@@H](N)C(=O)NCC(c1cccc(OC)c1)N(C)C. The summed E-state index contributed by atoms with van der Waals surface area (Å²) in [5.74, 6) is 0.722. The Labute approximate surface area is 127 Å². The topological polar surface area (TPSA) is 67.6 Å². The Bertz CT molecular complexity index is 449. The van der Waals surface area contributed by atoms with Crippen LogP contribution in [0.15, 0.2) is 24.3 Å². The number of benzene rings is 1. The van der Waals surface area contributed by atoms with Gasteiger partial charge in [-0.15, -0.1) is 0 Å². The summed E-state index contributed by atoms with van der Waals surface area (Å²) in [6.45, 7) is 2.54. The molecule has 0 fully saturated rings. The summed E-state index contributed by atoms with van der Waals surface area (Å²) in [6, 6.07) is 7.54. The third-order valence-corrected chi connectivity index (χ3v) is 3.51. The highest BCUT2D eigenvalue weighted by Gasteiger charge is 2.18. The summed E-state index contributed by atoms with van der Waals surface area (Å²) in [6.07, 6.45) is 1.61. The van der Waals surface area contributed by atoms with E-state index in [-0.39, 0.29) is 11.9 Å². The first-order valence-electron chi connectivity index (χ1n) is 7.33. The minimum absolute atomic E-state index is 0.0814. The Hall–Kier alpha value is -1.59. The quantitative estimate of drug-likeness (QED) is 0.763. The van der Waals surface area contributed by atoms with Crippen LogP contribution in [0.1, 0.15) is 31.4 Å². The Morgan fingerprint density at radius 2 is 2.14 bits per heavy atom. The second kappa shape index (κ2) is 8.64. The molecule has 118 valence electrons. The number of likely N-dealkylation sites (N-methyl/N-ethyl adjacent to an activating group) is 1. The molecule has 1 amide bonds. The van der Waals surface area contributed by atoms with E-state index in [2.05, 4.69) is 10.2 Å². The summed E-state index contributed by atoms with van der Waals surface area (Å²) >= 11 is 0. The van der Waals surface area contributed by atoms with E-state index < -0.39 is 6.04 Å². The van der Waals surface area contributed by atoms with Crippen molar-refractivity contribution in [2.45, 2.75) is 31.8 Å². The minimum atomic E-state index is -0.428. The zero-order valence-electron chi connectivity index (χ0n) is 13.4. The smallest absolute Gasteiger partial charge is 0.236 e. The van der Waals surface area contributed by atoms with E-state index in [4.69, 9.17) is 10.5 Å². The van der Waals surface area contributed by atoms with Crippen LogP contribution in [0.25, 0.3) is 0 Å². The lowest BCUT2D eigenvalue weighted by Crippen LogP contribution is -2.43. The molecule has 1 unspecified atom stereocenters. The van der Waals surface area contributed by atoms with Crippen molar-refractivity contribution in [2.75, 3.05) is 27.7 Å². The van der Waals surface area contributed by atoms with Crippen LogP contribution in [0.3, 0.4) is 0 Å². The number of amides is 1. The van der Waals surface area contributed by atoms with Gasteiger partial charge in [0.15, 0.2) is 0 Å². The molecule has 0 aliphatic rings. The molecule has 1 rings (SSSR count). The Morgan fingerprint density at radius 3 is 2.71 bits per heavy atom. The molecule has 0 bridgehead atoms. The number of carbonyl (C=O) groups excluding carboxylic acids is 1. The number of methoxy groups -OCH3 is 1. The molecule has 0 heterocycles. The predicted molar refractivity (Wildman–Crippen MR) is 85.3 cm³/mol. The average molecular weight is 293 g/mol. The fourth-order valence-corrected chi connectivity index (χ4v) is 2.22. The molecule has 0 radical (unpaired) electrons. The minimum Gasteiger partial charge on any atom is -0.497 e. The highest BCUT2D eigenvalue weighted by Crippen LogP contribution is 2.22. The summed E-state index contributed by atoms with van der Waals surface area (Å²) in [7, 11) is 5.62. The van der Waals surface area contributed by atoms with Gasteiger partial charge >= 0.3 is 0 Å². The van der Waals surface area contributed by atoms with Gasteiger partial charge in [0.05, 0.1) is 19.2 Å². The van der Waals surface area contributed by atoms with Gasteiger partial charge in [0.2, 0.25) is 5.91 Å². The number of nitrogens with two attached hydrogens (primary N) is 1. The maximum absolute atomic E-state index is 11.9. The van der Waals surface area contributed by atoms with E-state index in [1.807, 2.05) is 45.3 Å². The van der Waals surface area contributed by atoms with Gasteiger partial charge in [-0.25, -0.2) is 0 Å². The standard InChI is InChI=1S/C16H27N3O2/c1-5-7-14(17)16(20)18-11-15(19(2)3)12-8-6-9-13(10-12)21-4/h6,8-10,14-15H,5,7,11,17H2,1-4H3,(H,18,20)/t14-,15?/m1/s1. The van der Waals surface area contributed by atoms with Crippen LogP contribution < -0.4 is 15.8 Å². The van der Waals surface area contributed by atoms with E-state index in [1.54, 1.807) is 7.11 Å². The van der Waals surface area contributed by atoms with Crippen molar-refractivity contribution in [1.82, 2.24) is 10.2 Å². The summed E-state index contributed by atoms with van der Waals surface area (Å²) in [4.78, 5) is 14.0. The van der Waals surface area contributed by atoms with Gasteiger partial charge in [-0.05, 0) is 38.2 Å². The summed E-state index contributed by atoms with van der Waals surface area (Å²) in [5.41, 5.74) is 6.93. The fourth-order valence-electron chi connectivity index (χ4n) is 2.22. The zero-order chi connectivity index (χ0) is 15.8. The van der Waals surface area contributed by atoms with E-state index in [0.29, 0.717) is 13.0 Å². The number of ether oxygens (including phenoxy) is 1. The molecule has 21 heavy (non-hydrogen) atoms. The number of carbonyl (C=O) groups is 1. The molecule has 2 atom stereocenters. The van der Waals surface area contributed by atoms with Crippen LogP contribution in [-0.2, 0) is 4.79 Å². The number of nitrogens with zero attached hydrogens (tertiary/aromatic N) is 1. The van der Waals surface area contributed by atoms with Crippen molar-refractivity contribution < 1.29 is 9.53 Å². The van der Waals surface area contributed by atoms with Gasteiger partial charge in [-0.2, -0.15) is 0 Å². The van der Waals surface area contributed by atoms with E-state index in [0.717, 1.165) is 17.7 Å². The van der Waals surface area contributed by atoms with E-state index >= 15 is 0 Å². The first kappa shape index (κ1) is 17.5. The third kappa shape index (κ3) is 5.36. The molecule has 0 aliphatic heterocycles. The summed E-state index contributed by atoms with van der Waals surface area (Å²) < 4.78 is 5.25. The van der Waals surface area contributed by atoms with Gasteiger partial charge < -0.3 is 20.7 Å². The maximum atomic E-state index is 11.9. The van der Waals surface area contributed by atoms with Gasteiger partial charge in [0, 0.05) is 6.54 Å². The second-order valence-corrected chi connectivity index (χ2v) is 5.40. The average Bonchev–Trinajstić information content (AvgIpc) is 2.47. The number of hydrogen-bond acceptors (Lipinski definition) is 4. The molecular weight excluding hydrogens is 266 g/mol. The van der Waals surface area contributed by atoms with E-state index in [1.165, 1.54) is 0 Å². The van der Waals surface area contributed by atoms with Crippen LogP contribution in [-0.4, -0.2) is 44.6 Å². The normalized spacial score (nSPS) is 13.8. The number of rotatable bonds is 8. The molecule has 5 nitrogen and oxygen atoms in total. The third-order valence-electron chi connectivity index (χ3n) is 3.51. The molecule has 1 aromatic carbocycles. The van der Waals surface area contributed by atoms with Crippen molar-refractivity contribution in [3.05, 3.63) is 29.8 Å². The Balaban J connectivity index is 2.72. The van der Waals surface area contributed by atoms with Crippen molar-refractivity contribution in [3.63, 3.8) is 0 Å². The van der Waals surface area contributed by atoms with Crippen molar-refractivity contribution in [3.8, 4) is 5.75 Å². The molecule has 1 aromatic rings. The lowest BCUT2D eigenvalue weighted by molar-refractivity contribution is -0.122. The second-order valence-electron chi connectivity index (χ2n) is 5.40. The van der Waals surface area contributed by atoms with Crippen LogP contribution in [0, 0.1) is 0 Å². The molecule has 0 saturated carbocycles. The predicted octanol–water partition coefficient (Wildman–Crippen LogP) is 1.54.